The van der Waals surface area contributed by atoms with Crippen molar-refractivity contribution in [3.05, 3.63) is 56.6 Å². The van der Waals surface area contributed by atoms with Gasteiger partial charge in [0.25, 0.3) is 0 Å². The first kappa shape index (κ1) is 19.1. The molecule has 0 fully saturated rings. The highest BCUT2D eigenvalue weighted by atomic mass is 79.9. The van der Waals surface area contributed by atoms with E-state index in [2.05, 4.69) is 15.9 Å². The fourth-order valence-corrected chi connectivity index (χ4v) is 2.46. The fourth-order valence-electron chi connectivity index (χ4n) is 1.53. The molecule has 0 atom stereocenters. The Bertz CT molecular complexity index is 578. The number of allylic oxidation sites excluding steroid dienone is 4. The van der Waals surface area contributed by atoms with Crippen molar-refractivity contribution in [3.8, 4) is 0 Å². The van der Waals surface area contributed by atoms with Crippen LogP contribution in [0.4, 0.5) is 26.3 Å². The maximum absolute atomic E-state index is 12.8. The van der Waals surface area contributed by atoms with Gasteiger partial charge in [-0.15, -0.1) is 0 Å². The number of halogens is 8. The van der Waals surface area contributed by atoms with Gasteiger partial charge in [0, 0.05) is 15.1 Å². The Balaban J connectivity index is 3.13. The van der Waals surface area contributed by atoms with E-state index in [1.807, 2.05) is 0 Å². The van der Waals surface area contributed by atoms with Crippen LogP contribution in [0.5, 0.6) is 0 Å². The van der Waals surface area contributed by atoms with Crippen molar-refractivity contribution in [1.29, 1.82) is 0 Å². The maximum Gasteiger partial charge on any atom is 0.416 e. The average Bonchev–Trinajstić information content (AvgIpc) is 2.30. The van der Waals surface area contributed by atoms with Crippen LogP contribution in [-0.2, 0) is 6.42 Å². The first-order valence-electron chi connectivity index (χ1n) is 5.87. The van der Waals surface area contributed by atoms with E-state index in [-0.39, 0.29) is 12.5 Å². The second-order valence-corrected chi connectivity index (χ2v) is 5.82. The third-order valence-corrected chi connectivity index (χ3v) is 3.30. The normalized spacial score (nSPS) is 14.4. The lowest BCUT2D eigenvalue weighted by atomic mass is 10.1. The van der Waals surface area contributed by atoms with Crippen LogP contribution in [0.15, 0.2) is 46.0 Å². The molecule has 0 heterocycles. The minimum atomic E-state index is -4.87. The molecule has 0 saturated heterocycles. The summed E-state index contributed by atoms with van der Waals surface area (Å²) in [6, 6.07) is 4.53. The summed E-state index contributed by atoms with van der Waals surface area (Å²) < 4.78 is 76.2. The Morgan fingerprint density at radius 2 is 1.68 bits per heavy atom. The molecule has 0 nitrogen and oxygen atoms in total. The third-order valence-electron chi connectivity index (χ3n) is 2.63. The largest absolute Gasteiger partial charge is 0.416 e. The van der Waals surface area contributed by atoms with Gasteiger partial charge in [0.2, 0.25) is 0 Å². The highest BCUT2D eigenvalue weighted by molar-refractivity contribution is 9.10. The summed E-state index contributed by atoms with van der Waals surface area (Å²) in [7, 11) is 0. The summed E-state index contributed by atoms with van der Waals surface area (Å²) in [6.45, 7) is 0.593. The number of hydrogen-bond donors (Lipinski definition) is 0. The Labute approximate surface area is 136 Å². The molecule has 0 saturated carbocycles. The molecule has 0 aliphatic carbocycles. The number of rotatable bonds is 3. The molecule has 0 spiro atoms. The standard InChI is InChI=1S/C14H10BrClF6/c1-8(13(17,18)19)4-10(14(20,21)22)3-2-9-5-11(15)7-12(16)6-9/h3-7H,2H2,1H3/b8-4+,10-3+. The van der Waals surface area contributed by atoms with Crippen molar-refractivity contribution in [3.63, 3.8) is 0 Å². The molecule has 0 bridgehead atoms. The van der Waals surface area contributed by atoms with E-state index >= 15 is 0 Å². The quantitative estimate of drug-likeness (QED) is 0.389. The van der Waals surface area contributed by atoms with Gasteiger partial charge >= 0.3 is 12.4 Å². The molecule has 22 heavy (non-hydrogen) atoms. The molecule has 0 aliphatic heterocycles. The maximum atomic E-state index is 12.8. The van der Waals surface area contributed by atoms with E-state index in [0.717, 1.165) is 0 Å². The van der Waals surface area contributed by atoms with Crippen molar-refractivity contribution in [1.82, 2.24) is 0 Å². The van der Waals surface area contributed by atoms with Crippen molar-refractivity contribution in [2.45, 2.75) is 25.7 Å². The topological polar surface area (TPSA) is 0 Å². The summed E-state index contributed by atoms with van der Waals surface area (Å²) in [6.07, 6.45) is -9.08. The minimum Gasteiger partial charge on any atom is -0.166 e. The molecule has 0 aliphatic rings. The van der Waals surface area contributed by atoms with Gasteiger partial charge < -0.3 is 0 Å². The lowest BCUT2D eigenvalue weighted by Crippen LogP contribution is -2.15. The average molecular weight is 408 g/mol. The number of alkyl halides is 6. The van der Waals surface area contributed by atoms with Crippen LogP contribution in [0, 0.1) is 0 Å². The van der Waals surface area contributed by atoms with Crippen LogP contribution in [0.1, 0.15) is 12.5 Å². The molecule has 1 aromatic carbocycles. The van der Waals surface area contributed by atoms with E-state index in [4.69, 9.17) is 11.6 Å². The molecule has 1 aromatic rings. The lowest BCUT2D eigenvalue weighted by molar-refractivity contribution is -0.0954. The van der Waals surface area contributed by atoms with E-state index in [1.165, 1.54) is 12.1 Å². The summed E-state index contributed by atoms with van der Waals surface area (Å²) in [5, 5.41) is 0.313. The lowest BCUT2D eigenvalue weighted by Gasteiger charge is -2.12. The smallest absolute Gasteiger partial charge is 0.166 e. The number of benzene rings is 1. The summed E-state index contributed by atoms with van der Waals surface area (Å²) >= 11 is 8.90. The van der Waals surface area contributed by atoms with Crippen LogP contribution in [0.25, 0.3) is 0 Å². The van der Waals surface area contributed by atoms with Gasteiger partial charge in [-0.25, -0.2) is 0 Å². The van der Waals surface area contributed by atoms with Gasteiger partial charge in [0.1, 0.15) is 0 Å². The Morgan fingerprint density at radius 3 is 2.14 bits per heavy atom. The third kappa shape index (κ3) is 6.04. The van der Waals surface area contributed by atoms with E-state index in [1.54, 1.807) is 6.07 Å². The highest BCUT2D eigenvalue weighted by Crippen LogP contribution is 2.32. The molecule has 1 rings (SSSR count). The second-order valence-electron chi connectivity index (χ2n) is 4.46. The molecular weight excluding hydrogens is 397 g/mol. The van der Waals surface area contributed by atoms with Gasteiger partial charge in [0.15, 0.2) is 0 Å². The first-order chi connectivity index (χ1) is 9.89. The van der Waals surface area contributed by atoms with Gasteiger partial charge in [0.05, 0.1) is 5.57 Å². The highest BCUT2D eigenvalue weighted by Gasteiger charge is 2.36. The van der Waals surface area contributed by atoms with E-state index in [9.17, 15) is 26.3 Å². The summed E-state index contributed by atoms with van der Waals surface area (Å²) in [5.74, 6) is 0. The van der Waals surface area contributed by atoms with Crippen molar-refractivity contribution in [2.24, 2.45) is 0 Å². The second kappa shape index (κ2) is 7.08. The van der Waals surface area contributed by atoms with Crippen molar-refractivity contribution < 1.29 is 26.3 Å². The van der Waals surface area contributed by atoms with E-state index < -0.39 is 23.5 Å². The number of hydrogen-bond acceptors (Lipinski definition) is 0. The summed E-state index contributed by atoms with van der Waals surface area (Å²) in [5.41, 5.74) is -2.22. The molecule has 0 unspecified atom stereocenters. The Morgan fingerprint density at radius 1 is 1.09 bits per heavy atom. The van der Waals surface area contributed by atoms with Crippen molar-refractivity contribution >= 4 is 27.5 Å². The Kier molecular flexibility index (Phi) is 6.15. The van der Waals surface area contributed by atoms with Crippen LogP contribution in [0.3, 0.4) is 0 Å². The predicted octanol–water partition coefficient (Wildman–Crippen LogP) is 6.64. The first-order valence-corrected chi connectivity index (χ1v) is 7.04. The molecular formula is C14H10BrClF6. The molecule has 122 valence electrons. The molecule has 0 radical (unpaired) electrons. The van der Waals surface area contributed by atoms with Gasteiger partial charge in [-0.1, -0.05) is 33.6 Å². The predicted molar refractivity (Wildman–Crippen MR) is 76.8 cm³/mol. The molecule has 0 amide bonds. The van der Waals surface area contributed by atoms with Crippen LogP contribution < -0.4 is 0 Å². The SMILES string of the molecule is C/C(=C\C(=C/Cc1cc(Cl)cc(Br)c1)C(F)(F)F)C(F)(F)F. The minimum absolute atomic E-state index is 0.0968. The summed E-state index contributed by atoms with van der Waals surface area (Å²) in [4.78, 5) is 0. The Hall–Kier alpha value is -0.950. The van der Waals surface area contributed by atoms with Crippen LogP contribution in [0.2, 0.25) is 5.02 Å². The zero-order valence-corrected chi connectivity index (χ0v) is 13.5. The molecule has 8 heteroatoms. The van der Waals surface area contributed by atoms with Crippen LogP contribution in [-0.4, -0.2) is 12.4 Å². The monoisotopic (exact) mass is 406 g/mol. The zero-order valence-electron chi connectivity index (χ0n) is 11.1. The molecule has 0 aromatic heterocycles. The van der Waals surface area contributed by atoms with E-state index in [0.29, 0.717) is 28.1 Å². The van der Waals surface area contributed by atoms with Crippen LogP contribution >= 0.6 is 27.5 Å². The zero-order chi connectivity index (χ0) is 17.1. The van der Waals surface area contributed by atoms with Gasteiger partial charge in [-0.2, -0.15) is 26.3 Å². The fraction of sp³-hybridized carbons (Fsp3) is 0.286. The van der Waals surface area contributed by atoms with Crippen molar-refractivity contribution in [2.75, 3.05) is 0 Å². The van der Waals surface area contributed by atoms with Gasteiger partial charge in [-0.3, -0.25) is 0 Å². The molecule has 0 N–H and O–H groups in total. The van der Waals surface area contributed by atoms with Gasteiger partial charge in [-0.05, 0) is 43.2 Å².